The van der Waals surface area contributed by atoms with Crippen molar-refractivity contribution in [1.82, 2.24) is 9.80 Å². The van der Waals surface area contributed by atoms with Crippen LogP contribution in [-0.4, -0.2) is 59.6 Å². The maximum Gasteiger partial charge on any atom is 0.320 e. The lowest BCUT2D eigenvalue weighted by atomic mass is 10.1. The Morgan fingerprint density at radius 3 is 2.64 bits per heavy atom. The number of hydrogen-bond donors (Lipinski definition) is 1. The summed E-state index contributed by atoms with van der Waals surface area (Å²) in [4.78, 5) is 15.3. The number of hydrogen-bond acceptors (Lipinski definition) is 3. The predicted molar refractivity (Wildman–Crippen MR) is 55.4 cm³/mol. The topological polar surface area (TPSA) is 43.8 Å². The van der Waals surface area contributed by atoms with Gasteiger partial charge in [0.25, 0.3) is 0 Å². The molecule has 1 fully saturated rings. The molecule has 0 amide bonds. The maximum atomic E-state index is 11.0. The van der Waals surface area contributed by atoms with Crippen molar-refractivity contribution in [1.29, 1.82) is 0 Å². The molecule has 1 heterocycles. The van der Waals surface area contributed by atoms with E-state index in [2.05, 4.69) is 23.8 Å². The molecule has 82 valence electrons. The third kappa shape index (κ3) is 2.45. The van der Waals surface area contributed by atoms with Crippen LogP contribution in [-0.2, 0) is 4.79 Å². The van der Waals surface area contributed by atoms with Crippen LogP contribution in [0.3, 0.4) is 0 Å². The number of rotatable bonds is 3. The van der Waals surface area contributed by atoms with Crippen LogP contribution < -0.4 is 0 Å². The quantitative estimate of drug-likeness (QED) is 0.720. The summed E-state index contributed by atoms with van der Waals surface area (Å²) in [7, 11) is 2.09. The summed E-state index contributed by atoms with van der Waals surface area (Å²) in [6.07, 6.45) is 0.686. The first kappa shape index (κ1) is 11.5. The largest absolute Gasteiger partial charge is 0.480 e. The first-order valence-corrected chi connectivity index (χ1v) is 5.23. The van der Waals surface area contributed by atoms with Gasteiger partial charge >= 0.3 is 5.97 Å². The van der Waals surface area contributed by atoms with Gasteiger partial charge in [0.2, 0.25) is 0 Å². The lowest BCUT2D eigenvalue weighted by Gasteiger charge is -2.40. The number of likely N-dealkylation sites (N-methyl/N-ethyl adjacent to an activating group) is 1. The summed E-state index contributed by atoms with van der Waals surface area (Å²) in [6.45, 7) is 6.76. The highest BCUT2D eigenvalue weighted by molar-refractivity contribution is 5.73. The molecule has 2 atom stereocenters. The van der Waals surface area contributed by atoms with Crippen molar-refractivity contribution in [3.05, 3.63) is 0 Å². The lowest BCUT2D eigenvalue weighted by molar-refractivity contribution is -0.144. The minimum absolute atomic E-state index is 0.300. The Morgan fingerprint density at radius 2 is 2.21 bits per heavy atom. The first-order valence-electron chi connectivity index (χ1n) is 5.23. The van der Waals surface area contributed by atoms with E-state index in [1.807, 2.05) is 6.92 Å². The molecule has 0 spiro atoms. The molecule has 1 saturated heterocycles. The van der Waals surface area contributed by atoms with Crippen molar-refractivity contribution in [3.63, 3.8) is 0 Å². The minimum atomic E-state index is -0.691. The highest BCUT2D eigenvalue weighted by Gasteiger charge is 2.29. The van der Waals surface area contributed by atoms with Gasteiger partial charge in [-0.25, -0.2) is 0 Å². The Kier molecular flexibility index (Phi) is 3.89. The third-order valence-electron chi connectivity index (χ3n) is 3.10. The third-order valence-corrected chi connectivity index (χ3v) is 3.10. The number of carbonyl (C=O) groups is 1. The molecule has 2 unspecified atom stereocenters. The maximum absolute atomic E-state index is 11.0. The Hall–Kier alpha value is -0.610. The number of piperazine rings is 1. The molecule has 4 heteroatoms. The Balaban J connectivity index is 2.56. The zero-order valence-corrected chi connectivity index (χ0v) is 9.23. The van der Waals surface area contributed by atoms with Gasteiger partial charge in [-0.1, -0.05) is 6.92 Å². The first-order chi connectivity index (χ1) is 6.56. The van der Waals surface area contributed by atoms with E-state index in [1.165, 1.54) is 0 Å². The van der Waals surface area contributed by atoms with E-state index in [-0.39, 0.29) is 6.04 Å². The number of carboxylic acids is 1. The van der Waals surface area contributed by atoms with Gasteiger partial charge in [0.1, 0.15) is 6.04 Å². The van der Waals surface area contributed by atoms with Crippen molar-refractivity contribution in [2.24, 2.45) is 0 Å². The molecular formula is C10H20N2O2. The Labute approximate surface area is 85.5 Å². The fourth-order valence-corrected chi connectivity index (χ4v) is 1.95. The van der Waals surface area contributed by atoms with Gasteiger partial charge < -0.3 is 10.0 Å². The summed E-state index contributed by atoms with van der Waals surface area (Å²) in [6, 6.07) is 0.156. The van der Waals surface area contributed by atoms with E-state index in [1.54, 1.807) is 0 Å². The van der Waals surface area contributed by atoms with Crippen LogP contribution in [0.2, 0.25) is 0 Å². The Bertz CT molecular complexity index is 208. The molecule has 1 rings (SSSR count). The second-order valence-corrected chi connectivity index (χ2v) is 4.09. The zero-order chi connectivity index (χ0) is 10.7. The molecule has 0 bridgehead atoms. The van der Waals surface area contributed by atoms with Crippen LogP contribution in [0.4, 0.5) is 0 Å². The molecular weight excluding hydrogens is 180 g/mol. The van der Waals surface area contributed by atoms with E-state index < -0.39 is 5.97 Å². The number of carboxylic acid groups (broad SMARTS) is 1. The van der Waals surface area contributed by atoms with Crippen molar-refractivity contribution in [2.45, 2.75) is 32.4 Å². The summed E-state index contributed by atoms with van der Waals surface area (Å²) >= 11 is 0. The second kappa shape index (κ2) is 4.75. The highest BCUT2D eigenvalue weighted by atomic mass is 16.4. The van der Waals surface area contributed by atoms with Gasteiger partial charge in [-0.2, -0.15) is 0 Å². The van der Waals surface area contributed by atoms with E-state index in [9.17, 15) is 4.79 Å². The summed E-state index contributed by atoms with van der Waals surface area (Å²) < 4.78 is 0. The van der Waals surface area contributed by atoms with E-state index in [4.69, 9.17) is 5.11 Å². The molecule has 0 aliphatic carbocycles. The van der Waals surface area contributed by atoms with Crippen LogP contribution in [0.25, 0.3) is 0 Å². The normalized spacial score (nSPS) is 27.5. The van der Waals surface area contributed by atoms with Crippen LogP contribution >= 0.6 is 0 Å². The standard InChI is InChI=1S/C10H20N2O2/c1-4-9(10(13)14)12-6-5-11(3)8(2)7-12/h8-9H,4-7H2,1-3H3,(H,13,14). The van der Waals surface area contributed by atoms with Crippen LogP contribution in [0.5, 0.6) is 0 Å². The summed E-state index contributed by atoms with van der Waals surface area (Å²) in [5.41, 5.74) is 0. The van der Waals surface area contributed by atoms with E-state index >= 15 is 0 Å². The van der Waals surface area contributed by atoms with Gasteiger partial charge in [0.15, 0.2) is 0 Å². The molecule has 14 heavy (non-hydrogen) atoms. The second-order valence-electron chi connectivity index (χ2n) is 4.09. The van der Waals surface area contributed by atoms with Crippen molar-refractivity contribution >= 4 is 5.97 Å². The van der Waals surface area contributed by atoms with Crippen molar-refractivity contribution < 1.29 is 9.90 Å². The number of nitrogens with zero attached hydrogens (tertiary/aromatic N) is 2. The van der Waals surface area contributed by atoms with Gasteiger partial charge in [-0.05, 0) is 20.4 Å². The zero-order valence-electron chi connectivity index (χ0n) is 9.23. The fourth-order valence-electron chi connectivity index (χ4n) is 1.95. The summed E-state index contributed by atoms with van der Waals surface area (Å²) in [5.74, 6) is -0.691. The van der Waals surface area contributed by atoms with Gasteiger partial charge in [-0.15, -0.1) is 0 Å². The SMILES string of the molecule is CCC(C(=O)O)N1CCN(C)C(C)C1. The van der Waals surface area contributed by atoms with Crippen LogP contribution in [0.1, 0.15) is 20.3 Å². The minimum Gasteiger partial charge on any atom is -0.480 e. The molecule has 0 aromatic heterocycles. The lowest BCUT2D eigenvalue weighted by Crippen LogP contribution is -2.55. The van der Waals surface area contributed by atoms with Gasteiger partial charge in [0, 0.05) is 25.7 Å². The van der Waals surface area contributed by atoms with Crippen LogP contribution in [0.15, 0.2) is 0 Å². The average Bonchev–Trinajstić information content (AvgIpc) is 2.11. The molecule has 4 nitrogen and oxygen atoms in total. The van der Waals surface area contributed by atoms with Crippen molar-refractivity contribution in [2.75, 3.05) is 26.7 Å². The smallest absolute Gasteiger partial charge is 0.320 e. The summed E-state index contributed by atoms with van der Waals surface area (Å²) in [5, 5.41) is 9.02. The molecule has 0 saturated carbocycles. The molecule has 0 aromatic rings. The van der Waals surface area contributed by atoms with E-state index in [0.717, 1.165) is 19.6 Å². The fraction of sp³-hybridized carbons (Fsp3) is 0.900. The number of aliphatic carboxylic acids is 1. The molecule has 1 aliphatic heterocycles. The highest BCUT2D eigenvalue weighted by Crippen LogP contribution is 2.12. The molecule has 0 aromatic carbocycles. The van der Waals surface area contributed by atoms with E-state index in [0.29, 0.717) is 12.5 Å². The Morgan fingerprint density at radius 1 is 1.57 bits per heavy atom. The van der Waals surface area contributed by atoms with Gasteiger partial charge in [-0.3, -0.25) is 9.69 Å². The monoisotopic (exact) mass is 200 g/mol. The molecule has 1 aliphatic rings. The predicted octanol–water partition coefficient (Wildman–Crippen LogP) is 0.485. The van der Waals surface area contributed by atoms with Crippen LogP contribution in [0, 0.1) is 0 Å². The molecule has 1 N–H and O–H groups in total. The average molecular weight is 200 g/mol. The van der Waals surface area contributed by atoms with Gasteiger partial charge in [0.05, 0.1) is 0 Å². The van der Waals surface area contributed by atoms with Crippen molar-refractivity contribution in [3.8, 4) is 0 Å². The molecule has 0 radical (unpaired) electrons.